The fraction of sp³-hybridized carbons (Fsp3) is 0.263. The molecule has 138 valence electrons. The quantitative estimate of drug-likeness (QED) is 0.723. The minimum Gasteiger partial charge on any atom is -0.466 e. The third kappa shape index (κ3) is 6.37. The van der Waals surface area contributed by atoms with Crippen LogP contribution < -0.4 is 5.32 Å². The Morgan fingerprint density at radius 1 is 1.12 bits per heavy atom. The van der Waals surface area contributed by atoms with Crippen molar-refractivity contribution < 1.29 is 18.7 Å². The summed E-state index contributed by atoms with van der Waals surface area (Å²) in [5.41, 5.74) is 1.33. The summed E-state index contributed by atoms with van der Waals surface area (Å²) in [4.78, 5) is 25.7. The first-order valence-corrected chi connectivity index (χ1v) is 8.57. The molecule has 0 atom stereocenters. The number of ether oxygens (including phenoxy) is 1. The van der Waals surface area contributed by atoms with Crippen molar-refractivity contribution in [2.75, 3.05) is 18.5 Å². The Balaban J connectivity index is 2.07. The summed E-state index contributed by atoms with van der Waals surface area (Å²) in [7, 11) is 0. The molecule has 2 amide bonds. The van der Waals surface area contributed by atoms with Crippen LogP contribution in [0.15, 0.2) is 48.5 Å². The number of carbonyl (C=O) groups is 2. The van der Waals surface area contributed by atoms with E-state index in [4.69, 9.17) is 16.3 Å². The lowest BCUT2D eigenvalue weighted by molar-refractivity contribution is -0.143. The lowest BCUT2D eigenvalue weighted by Crippen LogP contribution is -2.36. The van der Waals surface area contributed by atoms with Crippen molar-refractivity contribution >= 4 is 29.3 Å². The summed E-state index contributed by atoms with van der Waals surface area (Å²) in [5.74, 6) is -0.728. The Hall–Kier alpha value is -2.60. The maximum Gasteiger partial charge on any atom is 0.322 e. The van der Waals surface area contributed by atoms with E-state index in [9.17, 15) is 14.0 Å². The van der Waals surface area contributed by atoms with Gasteiger partial charge in [0.05, 0.1) is 13.0 Å². The lowest BCUT2D eigenvalue weighted by Gasteiger charge is -2.23. The van der Waals surface area contributed by atoms with E-state index in [1.54, 1.807) is 43.3 Å². The van der Waals surface area contributed by atoms with Crippen LogP contribution in [-0.2, 0) is 16.1 Å². The molecular formula is C19H20ClFN2O3. The molecule has 0 spiro atoms. The predicted octanol–water partition coefficient (Wildman–Crippen LogP) is 4.47. The molecule has 0 heterocycles. The van der Waals surface area contributed by atoms with E-state index in [0.717, 1.165) is 5.56 Å². The van der Waals surface area contributed by atoms with Gasteiger partial charge < -0.3 is 15.0 Å². The molecule has 1 N–H and O–H groups in total. The maximum absolute atomic E-state index is 13.1. The van der Waals surface area contributed by atoms with E-state index >= 15 is 0 Å². The minimum absolute atomic E-state index is 0.0725. The highest BCUT2D eigenvalue weighted by atomic mass is 35.5. The van der Waals surface area contributed by atoms with Crippen LogP contribution in [0.1, 0.15) is 18.9 Å². The van der Waals surface area contributed by atoms with Gasteiger partial charge in [0.2, 0.25) is 0 Å². The Bertz CT molecular complexity index is 735. The van der Waals surface area contributed by atoms with Gasteiger partial charge in [-0.1, -0.05) is 23.7 Å². The average Bonchev–Trinajstić information content (AvgIpc) is 2.62. The Morgan fingerprint density at radius 3 is 2.38 bits per heavy atom. The summed E-state index contributed by atoms with van der Waals surface area (Å²) >= 11 is 5.84. The van der Waals surface area contributed by atoms with E-state index < -0.39 is 0 Å². The number of esters is 1. The van der Waals surface area contributed by atoms with Crippen LogP contribution in [0.4, 0.5) is 14.9 Å². The number of urea groups is 1. The standard InChI is InChI=1S/C19H20ClFN2O3/c1-2-26-18(24)11-12-23(13-14-3-7-16(21)8-4-14)19(25)22-17-9-5-15(20)6-10-17/h3-10H,2,11-13H2,1H3,(H,22,25). The lowest BCUT2D eigenvalue weighted by atomic mass is 10.2. The van der Waals surface area contributed by atoms with Crippen molar-refractivity contribution in [1.29, 1.82) is 0 Å². The van der Waals surface area contributed by atoms with Crippen LogP contribution in [0.5, 0.6) is 0 Å². The zero-order valence-electron chi connectivity index (χ0n) is 14.4. The van der Waals surface area contributed by atoms with Crippen LogP contribution >= 0.6 is 11.6 Å². The van der Waals surface area contributed by atoms with Crippen molar-refractivity contribution in [2.24, 2.45) is 0 Å². The summed E-state index contributed by atoms with van der Waals surface area (Å²) in [6.07, 6.45) is 0.0725. The highest BCUT2D eigenvalue weighted by Crippen LogP contribution is 2.15. The van der Waals surface area contributed by atoms with Crippen molar-refractivity contribution in [3.8, 4) is 0 Å². The molecule has 0 radical (unpaired) electrons. The van der Waals surface area contributed by atoms with E-state index in [1.807, 2.05) is 0 Å². The second-order valence-electron chi connectivity index (χ2n) is 5.54. The number of halogens is 2. The first-order valence-electron chi connectivity index (χ1n) is 8.19. The van der Waals surface area contributed by atoms with Crippen LogP contribution in [0, 0.1) is 5.82 Å². The molecule has 26 heavy (non-hydrogen) atoms. The van der Waals surface area contributed by atoms with Crippen LogP contribution in [0.3, 0.4) is 0 Å². The molecule has 0 saturated heterocycles. The molecule has 0 aromatic heterocycles. The number of carbonyl (C=O) groups excluding carboxylic acids is 2. The van der Waals surface area contributed by atoms with Crippen molar-refractivity contribution in [2.45, 2.75) is 19.9 Å². The number of hydrogen-bond acceptors (Lipinski definition) is 3. The third-order valence-electron chi connectivity index (χ3n) is 3.56. The monoisotopic (exact) mass is 378 g/mol. The molecule has 0 saturated carbocycles. The molecule has 2 aromatic carbocycles. The molecule has 2 rings (SSSR count). The van der Waals surface area contributed by atoms with E-state index in [-0.39, 0.29) is 43.9 Å². The normalized spacial score (nSPS) is 10.3. The summed E-state index contributed by atoms with van der Waals surface area (Å²) in [6.45, 7) is 2.42. The minimum atomic E-state index is -0.379. The van der Waals surface area contributed by atoms with Crippen LogP contribution in [0.2, 0.25) is 5.02 Å². The summed E-state index contributed by atoms with van der Waals surface area (Å²) in [5, 5.41) is 3.32. The fourth-order valence-electron chi connectivity index (χ4n) is 2.26. The second kappa shape index (κ2) is 9.77. The van der Waals surface area contributed by atoms with Crippen molar-refractivity contribution in [1.82, 2.24) is 4.90 Å². The third-order valence-corrected chi connectivity index (χ3v) is 3.81. The van der Waals surface area contributed by atoms with Gasteiger partial charge in [-0.25, -0.2) is 9.18 Å². The van der Waals surface area contributed by atoms with Gasteiger partial charge in [0, 0.05) is 23.8 Å². The molecule has 0 aliphatic rings. The van der Waals surface area contributed by atoms with Gasteiger partial charge in [-0.15, -0.1) is 0 Å². The molecule has 5 nitrogen and oxygen atoms in total. The average molecular weight is 379 g/mol. The summed E-state index contributed by atoms with van der Waals surface area (Å²) in [6, 6.07) is 12.2. The maximum atomic E-state index is 13.1. The predicted molar refractivity (Wildman–Crippen MR) is 98.5 cm³/mol. The van der Waals surface area contributed by atoms with E-state index in [2.05, 4.69) is 5.32 Å². The Labute approximate surface area is 156 Å². The zero-order valence-corrected chi connectivity index (χ0v) is 15.1. The Morgan fingerprint density at radius 2 is 1.77 bits per heavy atom. The number of hydrogen-bond donors (Lipinski definition) is 1. The number of benzene rings is 2. The Kier molecular flexibility index (Phi) is 7.41. The highest BCUT2D eigenvalue weighted by molar-refractivity contribution is 6.30. The molecule has 7 heteroatoms. The molecule has 0 aliphatic carbocycles. The van der Waals surface area contributed by atoms with Gasteiger partial charge in [-0.2, -0.15) is 0 Å². The highest BCUT2D eigenvalue weighted by Gasteiger charge is 2.16. The molecule has 0 bridgehead atoms. The number of nitrogens with zero attached hydrogens (tertiary/aromatic N) is 1. The largest absolute Gasteiger partial charge is 0.466 e. The van der Waals surface area contributed by atoms with Crippen LogP contribution in [0.25, 0.3) is 0 Å². The first kappa shape index (κ1) is 19.7. The first-order chi connectivity index (χ1) is 12.5. The van der Waals surface area contributed by atoms with Gasteiger partial charge >= 0.3 is 12.0 Å². The molecule has 2 aromatic rings. The van der Waals surface area contributed by atoms with Gasteiger partial charge in [0.1, 0.15) is 5.82 Å². The smallest absolute Gasteiger partial charge is 0.322 e. The van der Waals surface area contributed by atoms with Gasteiger partial charge in [0.25, 0.3) is 0 Å². The summed E-state index contributed by atoms with van der Waals surface area (Å²) < 4.78 is 18.0. The van der Waals surface area contributed by atoms with Gasteiger partial charge in [-0.05, 0) is 48.9 Å². The van der Waals surface area contributed by atoms with Gasteiger partial charge in [-0.3, -0.25) is 4.79 Å². The number of amides is 2. The second-order valence-corrected chi connectivity index (χ2v) is 5.98. The molecule has 0 fully saturated rings. The topological polar surface area (TPSA) is 58.6 Å². The van der Waals surface area contributed by atoms with Crippen LogP contribution in [-0.4, -0.2) is 30.1 Å². The van der Waals surface area contributed by atoms with E-state index in [0.29, 0.717) is 10.7 Å². The van der Waals surface area contributed by atoms with Gasteiger partial charge in [0.15, 0.2) is 0 Å². The number of nitrogens with one attached hydrogen (secondary N) is 1. The molecule has 0 unspecified atom stereocenters. The molecule has 0 aliphatic heterocycles. The number of rotatable bonds is 7. The fourth-order valence-corrected chi connectivity index (χ4v) is 2.38. The van der Waals surface area contributed by atoms with E-state index in [1.165, 1.54) is 17.0 Å². The van der Waals surface area contributed by atoms with Crippen molar-refractivity contribution in [3.63, 3.8) is 0 Å². The number of anilines is 1. The molecular weight excluding hydrogens is 359 g/mol. The van der Waals surface area contributed by atoms with Crippen molar-refractivity contribution in [3.05, 3.63) is 64.9 Å². The SMILES string of the molecule is CCOC(=O)CCN(Cc1ccc(F)cc1)C(=O)Nc1ccc(Cl)cc1. The zero-order chi connectivity index (χ0) is 18.9.